The molecule has 0 heterocycles. The van der Waals surface area contributed by atoms with Gasteiger partial charge in [-0.1, -0.05) is 27.0 Å². The van der Waals surface area contributed by atoms with E-state index in [9.17, 15) is 9.59 Å². The molecule has 0 radical (unpaired) electrons. The molecule has 0 bridgehead atoms. The van der Waals surface area contributed by atoms with Crippen LogP contribution in [0.5, 0.6) is 0 Å². The van der Waals surface area contributed by atoms with Gasteiger partial charge in [-0.2, -0.15) is 0 Å². The van der Waals surface area contributed by atoms with E-state index in [0.717, 1.165) is 0 Å². The molecule has 0 atom stereocenters. The van der Waals surface area contributed by atoms with Gasteiger partial charge in [-0.25, -0.2) is 9.59 Å². The van der Waals surface area contributed by atoms with Gasteiger partial charge in [-0.3, -0.25) is 0 Å². The summed E-state index contributed by atoms with van der Waals surface area (Å²) in [6.07, 6.45) is 0. The van der Waals surface area contributed by atoms with Crippen molar-refractivity contribution in [2.24, 2.45) is 5.92 Å². The van der Waals surface area contributed by atoms with Crippen LogP contribution >= 0.6 is 0 Å². The predicted molar refractivity (Wildman–Crippen MR) is 69.1 cm³/mol. The first-order chi connectivity index (χ1) is 8.23. The molecule has 0 aromatic carbocycles. The highest BCUT2D eigenvalue weighted by atomic mass is 16.7. The van der Waals surface area contributed by atoms with Crippen LogP contribution in [0.1, 0.15) is 27.7 Å². The van der Waals surface area contributed by atoms with Crippen LogP contribution in [0.3, 0.4) is 0 Å². The summed E-state index contributed by atoms with van der Waals surface area (Å²) in [6.45, 7) is 12.2. The lowest BCUT2D eigenvalue weighted by Crippen LogP contribution is -2.33. The van der Waals surface area contributed by atoms with E-state index in [0.29, 0.717) is 0 Å². The Hall–Kier alpha value is -1.70. The highest BCUT2D eigenvalue weighted by molar-refractivity contribution is 5.85. The third kappa shape index (κ3) is 22.0. The molecule has 7 heteroatoms. The molecule has 0 amide bonds. The topological polar surface area (TPSA) is 135 Å². The Labute approximate surface area is 112 Å². The van der Waals surface area contributed by atoms with E-state index in [1.807, 2.05) is 0 Å². The summed E-state index contributed by atoms with van der Waals surface area (Å²) in [5.41, 5.74) is 0.352. The molecule has 0 aliphatic heterocycles. The number of carboxylic acids is 2. The van der Waals surface area contributed by atoms with Crippen molar-refractivity contribution in [2.75, 3.05) is 0 Å². The molecule has 0 spiro atoms. The van der Waals surface area contributed by atoms with E-state index in [-0.39, 0.29) is 11.1 Å². The van der Waals surface area contributed by atoms with Gasteiger partial charge in [-0.05, 0) is 13.8 Å². The van der Waals surface area contributed by atoms with Crippen LogP contribution in [0, 0.1) is 5.92 Å². The Morgan fingerprint density at radius 1 is 0.895 bits per heavy atom. The largest absolute Gasteiger partial charge is 0.478 e. The van der Waals surface area contributed by atoms with Gasteiger partial charge < -0.3 is 25.5 Å². The number of aliphatic carboxylic acids is 2. The summed E-state index contributed by atoms with van der Waals surface area (Å²) in [4.78, 5) is 19.2. The Kier molecular flexibility index (Phi) is 12.1. The van der Waals surface area contributed by atoms with Gasteiger partial charge in [0.05, 0.1) is 0 Å². The lowest BCUT2D eigenvalue weighted by Gasteiger charge is -2.16. The number of carboxylic acid groups (broad SMARTS) is 2. The second kappa shape index (κ2) is 10.2. The van der Waals surface area contributed by atoms with Crippen molar-refractivity contribution in [3.63, 3.8) is 0 Å². The van der Waals surface area contributed by atoms with E-state index < -0.39 is 23.8 Å². The van der Waals surface area contributed by atoms with Gasteiger partial charge >= 0.3 is 11.9 Å². The Bertz CT molecular complexity index is 275. The molecule has 0 unspecified atom stereocenters. The van der Waals surface area contributed by atoms with Gasteiger partial charge in [0.2, 0.25) is 0 Å². The third-order valence-electron chi connectivity index (χ3n) is 1.50. The summed E-state index contributed by atoms with van der Waals surface area (Å²) < 4.78 is 0. The second-order valence-corrected chi connectivity index (χ2v) is 4.01. The van der Waals surface area contributed by atoms with Crippen LogP contribution in [-0.4, -0.2) is 43.4 Å². The molecular weight excluding hydrogens is 256 g/mol. The van der Waals surface area contributed by atoms with Crippen LogP contribution in [0.15, 0.2) is 24.3 Å². The highest BCUT2D eigenvalue weighted by Crippen LogP contribution is 2.06. The van der Waals surface area contributed by atoms with E-state index in [1.165, 1.54) is 27.7 Å². The molecule has 0 saturated heterocycles. The maximum atomic E-state index is 9.60. The smallest absolute Gasteiger partial charge is 0.330 e. The molecular formula is C12H22O7. The summed E-state index contributed by atoms with van der Waals surface area (Å²) in [5, 5.41) is 40.4. The molecule has 5 N–H and O–H groups in total. The zero-order valence-corrected chi connectivity index (χ0v) is 11.5. The van der Waals surface area contributed by atoms with Crippen molar-refractivity contribution < 1.29 is 35.1 Å². The summed E-state index contributed by atoms with van der Waals surface area (Å²) in [5.74, 6) is -4.91. The minimum atomic E-state index is -2.50. The van der Waals surface area contributed by atoms with Crippen LogP contribution in [0.25, 0.3) is 0 Å². The predicted octanol–water partition coefficient (Wildman–Crippen LogP) is 0.567. The van der Waals surface area contributed by atoms with Gasteiger partial charge in [0, 0.05) is 17.1 Å². The summed E-state index contributed by atoms with van der Waals surface area (Å²) in [6, 6.07) is 0. The SMILES string of the molecule is C=C(C)C(=O)O.C=C(C)C(=O)O.CC(C)C(O)(O)O. The van der Waals surface area contributed by atoms with Gasteiger partial charge in [0.25, 0.3) is 5.97 Å². The highest BCUT2D eigenvalue weighted by Gasteiger charge is 2.22. The molecule has 112 valence electrons. The third-order valence-corrected chi connectivity index (χ3v) is 1.50. The first kappa shape index (κ1) is 22.5. The van der Waals surface area contributed by atoms with E-state index in [4.69, 9.17) is 25.5 Å². The summed E-state index contributed by atoms with van der Waals surface area (Å²) >= 11 is 0. The van der Waals surface area contributed by atoms with Crippen molar-refractivity contribution in [1.82, 2.24) is 0 Å². The van der Waals surface area contributed by atoms with Crippen LogP contribution in [0.2, 0.25) is 0 Å². The molecule has 0 rings (SSSR count). The fourth-order valence-corrected chi connectivity index (χ4v) is 0. The molecule has 0 aliphatic carbocycles. The van der Waals surface area contributed by atoms with Crippen molar-refractivity contribution in [3.8, 4) is 0 Å². The van der Waals surface area contributed by atoms with Gasteiger partial charge in [-0.15, -0.1) is 0 Å². The Morgan fingerprint density at radius 3 is 1.00 bits per heavy atom. The lowest BCUT2D eigenvalue weighted by molar-refractivity contribution is -0.335. The fourth-order valence-electron chi connectivity index (χ4n) is 0. The molecule has 19 heavy (non-hydrogen) atoms. The maximum absolute atomic E-state index is 9.60. The quantitative estimate of drug-likeness (QED) is 0.376. The zero-order chi connectivity index (χ0) is 16.4. The van der Waals surface area contributed by atoms with E-state index >= 15 is 0 Å². The lowest BCUT2D eigenvalue weighted by atomic mass is 10.2. The number of aliphatic hydroxyl groups is 3. The van der Waals surface area contributed by atoms with Crippen molar-refractivity contribution in [1.29, 1.82) is 0 Å². The number of hydrogen-bond donors (Lipinski definition) is 5. The monoisotopic (exact) mass is 278 g/mol. The van der Waals surface area contributed by atoms with Crippen molar-refractivity contribution in [2.45, 2.75) is 33.7 Å². The fraction of sp³-hybridized carbons (Fsp3) is 0.500. The average molecular weight is 278 g/mol. The van der Waals surface area contributed by atoms with Crippen molar-refractivity contribution >= 4 is 11.9 Å². The van der Waals surface area contributed by atoms with E-state index in [2.05, 4.69) is 13.2 Å². The normalized spacial score (nSPS) is 9.47. The number of carbonyl (C=O) groups is 2. The van der Waals surface area contributed by atoms with Gasteiger partial charge in [0.15, 0.2) is 0 Å². The molecule has 0 aliphatic rings. The molecule has 0 aromatic rings. The minimum Gasteiger partial charge on any atom is -0.478 e. The average Bonchev–Trinajstić information content (AvgIpc) is 2.17. The standard InChI is InChI=1S/C4H10O3.2C4H6O2/c1-3(2)4(5,6)7;2*1-3(2)4(5)6/h3,5-7H,1-2H3;2*1H2,2H3,(H,5,6). The maximum Gasteiger partial charge on any atom is 0.330 e. The molecule has 0 fully saturated rings. The van der Waals surface area contributed by atoms with Gasteiger partial charge in [0.1, 0.15) is 0 Å². The van der Waals surface area contributed by atoms with Crippen LogP contribution in [-0.2, 0) is 9.59 Å². The van der Waals surface area contributed by atoms with E-state index in [1.54, 1.807) is 0 Å². The van der Waals surface area contributed by atoms with Crippen molar-refractivity contribution in [3.05, 3.63) is 24.3 Å². The zero-order valence-electron chi connectivity index (χ0n) is 11.5. The Morgan fingerprint density at radius 2 is 1.00 bits per heavy atom. The van der Waals surface area contributed by atoms with Crippen LogP contribution in [0.4, 0.5) is 0 Å². The van der Waals surface area contributed by atoms with Crippen LogP contribution < -0.4 is 0 Å². The molecule has 7 nitrogen and oxygen atoms in total. The minimum absolute atomic E-state index is 0.176. The molecule has 0 aromatic heterocycles. The Balaban J connectivity index is -0.000000203. The number of hydrogen-bond acceptors (Lipinski definition) is 5. The first-order valence-electron chi connectivity index (χ1n) is 5.18. The molecule has 0 saturated carbocycles. The number of rotatable bonds is 3. The first-order valence-corrected chi connectivity index (χ1v) is 5.18. The second-order valence-electron chi connectivity index (χ2n) is 4.01. The summed E-state index contributed by atoms with van der Waals surface area (Å²) in [7, 11) is 0.